The van der Waals surface area contributed by atoms with E-state index in [4.69, 9.17) is 0 Å². The number of amides is 2. The summed E-state index contributed by atoms with van der Waals surface area (Å²) in [4.78, 5) is 26.6. The predicted molar refractivity (Wildman–Crippen MR) is 87.6 cm³/mol. The van der Waals surface area contributed by atoms with E-state index in [2.05, 4.69) is 26.6 Å². The van der Waals surface area contributed by atoms with Gasteiger partial charge in [-0.1, -0.05) is 22.0 Å². The zero-order valence-corrected chi connectivity index (χ0v) is 13.9. The highest BCUT2D eigenvalue weighted by Gasteiger charge is 2.37. The third kappa shape index (κ3) is 3.33. The van der Waals surface area contributed by atoms with Crippen LogP contribution in [0.15, 0.2) is 28.7 Å². The molecule has 2 heterocycles. The van der Waals surface area contributed by atoms with Crippen LogP contribution in [0.5, 0.6) is 0 Å². The lowest BCUT2D eigenvalue weighted by molar-refractivity contribution is -0.132. The Kier molecular flexibility index (Phi) is 4.78. The van der Waals surface area contributed by atoms with Gasteiger partial charge in [0.15, 0.2) is 0 Å². The topological polar surface area (TPSA) is 61.4 Å². The van der Waals surface area contributed by atoms with E-state index in [-0.39, 0.29) is 24.4 Å². The van der Waals surface area contributed by atoms with Gasteiger partial charge in [-0.2, -0.15) is 0 Å². The fourth-order valence-electron chi connectivity index (χ4n) is 3.37. The van der Waals surface area contributed by atoms with Crippen molar-refractivity contribution < 1.29 is 9.59 Å². The van der Waals surface area contributed by atoms with Gasteiger partial charge in [-0.25, -0.2) is 0 Å². The van der Waals surface area contributed by atoms with Gasteiger partial charge in [-0.3, -0.25) is 9.59 Å². The molecule has 2 bridgehead atoms. The van der Waals surface area contributed by atoms with E-state index in [9.17, 15) is 9.59 Å². The maximum atomic E-state index is 12.5. The third-order valence-electron chi connectivity index (χ3n) is 4.43. The minimum Gasteiger partial charge on any atom is -0.343 e. The molecular formula is C16H20BrN3O2. The van der Waals surface area contributed by atoms with Crippen LogP contribution in [-0.2, 0) is 4.79 Å². The average molecular weight is 366 g/mol. The highest BCUT2D eigenvalue weighted by Crippen LogP contribution is 2.27. The molecule has 2 fully saturated rings. The average Bonchev–Trinajstić information content (AvgIpc) is 2.77. The molecule has 1 aromatic rings. The quantitative estimate of drug-likeness (QED) is 0.853. The summed E-state index contributed by atoms with van der Waals surface area (Å²) in [7, 11) is 0. The Balaban J connectivity index is 1.59. The standard InChI is InChI=1S/C16H20BrN3O2/c17-12-3-1-2-11(8-12)16(22)19-10-15(21)20-13-4-5-14(20)9-18-7-6-13/h1-3,8,13-14,18H,4-7,9-10H2,(H,19,22). The number of benzene rings is 1. The Morgan fingerprint density at radius 3 is 2.91 bits per heavy atom. The second-order valence-electron chi connectivity index (χ2n) is 5.87. The van der Waals surface area contributed by atoms with E-state index < -0.39 is 0 Å². The van der Waals surface area contributed by atoms with Gasteiger partial charge in [0.25, 0.3) is 5.91 Å². The molecule has 2 amide bonds. The lowest BCUT2D eigenvalue weighted by atomic mass is 10.1. The molecule has 0 saturated carbocycles. The minimum absolute atomic E-state index is 0.0274. The molecule has 1 aromatic carbocycles. The molecule has 22 heavy (non-hydrogen) atoms. The van der Waals surface area contributed by atoms with Crippen LogP contribution in [0.2, 0.25) is 0 Å². The van der Waals surface area contributed by atoms with Crippen molar-refractivity contribution >= 4 is 27.7 Å². The molecule has 2 aliphatic rings. The number of fused-ring (bicyclic) bond motifs is 2. The Morgan fingerprint density at radius 1 is 1.27 bits per heavy atom. The summed E-state index contributed by atoms with van der Waals surface area (Å²) in [6, 6.07) is 7.77. The number of hydrogen-bond donors (Lipinski definition) is 2. The fourth-order valence-corrected chi connectivity index (χ4v) is 3.77. The molecule has 0 aromatic heterocycles. The summed E-state index contributed by atoms with van der Waals surface area (Å²) in [5.41, 5.74) is 0.558. The molecule has 0 radical (unpaired) electrons. The molecule has 118 valence electrons. The molecule has 3 rings (SSSR count). The van der Waals surface area contributed by atoms with E-state index in [0.717, 1.165) is 36.8 Å². The van der Waals surface area contributed by atoms with Gasteiger partial charge in [-0.15, -0.1) is 0 Å². The van der Waals surface area contributed by atoms with Crippen LogP contribution in [-0.4, -0.2) is 48.4 Å². The number of nitrogens with one attached hydrogen (secondary N) is 2. The lowest BCUT2D eigenvalue weighted by Crippen LogP contribution is -2.47. The van der Waals surface area contributed by atoms with Crippen molar-refractivity contribution in [3.05, 3.63) is 34.3 Å². The molecule has 2 unspecified atom stereocenters. The maximum Gasteiger partial charge on any atom is 0.251 e. The highest BCUT2D eigenvalue weighted by atomic mass is 79.9. The number of hydrogen-bond acceptors (Lipinski definition) is 3. The number of halogens is 1. The second-order valence-corrected chi connectivity index (χ2v) is 6.79. The van der Waals surface area contributed by atoms with Crippen LogP contribution in [0.1, 0.15) is 29.6 Å². The number of carbonyl (C=O) groups excluding carboxylic acids is 2. The first-order chi connectivity index (χ1) is 10.6. The van der Waals surface area contributed by atoms with Crippen LogP contribution in [0, 0.1) is 0 Å². The SMILES string of the molecule is O=C(NCC(=O)N1C2CCNCC1CC2)c1cccc(Br)c1. The van der Waals surface area contributed by atoms with Gasteiger partial charge in [0.2, 0.25) is 5.91 Å². The molecule has 5 nitrogen and oxygen atoms in total. The van der Waals surface area contributed by atoms with Crippen molar-refractivity contribution in [2.45, 2.75) is 31.3 Å². The molecule has 0 spiro atoms. The predicted octanol–water partition coefficient (Wildman–Crippen LogP) is 1.53. The van der Waals surface area contributed by atoms with Crippen molar-refractivity contribution in [3.63, 3.8) is 0 Å². The summed E-state index contributed by atoms with van der Waals surface area (Å²) >= 11 is 3.34. The van der Waals surface area contributed by atoms with Gasteiger partial charge in [0.05, 0.1) is 6.54 Å². The summed E-state index contributed by atoms with van der Waals surface area (Å²) in [6.07, 6.45) is 3.14. The van der Waals surface area contributed by atoms with Crippen molar-refractivity contribution in [1.82, 2.24) is 15.5 Å². The zero-order chi connectivity index (χ0) is 15.5. The van der Waals surface area contributed by atoms with E-state index in [1.54, 1.807) is 12.1 Å². The number of carbonyl (C=O) groups is 2. The van der Waals surface area contributed by atoms with Gasteiger partial charge < -0.3 is 15.5 Å². The first kappa shape index (κ1) is 15.5. The number of nitrogens with zero attached hydrogens (tertiary/aromatic N) is 1. The Labute approximate surface area is 138 Å². The largest absolute Gasteiger partial charge is 0.343 e. The van der Waals surface area contributed by atoms with Gasteiger partial charge in [0, 0.05) is 28.7 Å². The van der Waals surface area contributed by atoms with Gasteiger partial charge in [-0.05, 0) is 44.0 Å². The smallest absolute Gasteiger partial charge is 0.251 e. The van der Waals surface area contributed by atoms with E-state index >= 15 is 0 Å². The van der Waals surface area contributed by atoms with Crippen molar-refractivity contribution in [2.24, 2.45) is 0 Å². The van der Waals surface area contributed by atoms with Gasteiger partial charge >= 0.3 is 0 Å². The molecular weight excluding hydrogens is 346 g/mol. The minimum atomic E-state index is -0.213. The van der Waals surface area contributed by atoms with E-state index in [0.29, 0.717) is 11.6 Å². The van der Waals surface area contributed by atoms with E-state index in [1.165, 1.54) is 0 Å². The molecule has 2 aliphatic heterocycles. The lowest BCUT2D eigenvalue weighted by Gasteiger charge is -2.28. The first-order valence-corrected chi connectivity index (χ1v) is 8.50. The molecule has 2 N–H and O–H groups in total. The summed E-state index contributed by atoms with van der Waals surface area (Å²) in [5.74, 6) is -0.186. The fraction of sp³-hybridized carbons (Fsp3) is 0.500. The van der Waals surface area contributed by atoms with Crippen molar-refractivity contribution in [1.29, 1.82) is 0 Å². The highest BCUT2D eigenvalue weighted by molar-refractivity contribution is 9.10. The second kappa shape index (κ2) is 6.79. The van der Waals surface area contributed by atoms with Crippen LogP contribution < -0.4 is 10.6 Å². The van der Waals surface area contributed by atoms with Crippen LogP contribution in [0.3, 0.4) is 0 Å². The molecule has 2 atom stereocenters. The summed E-state index contributed by atoms with van der Waals surface area (Å²) < 4.78 is 0.850. The van der Waals surface area contributed by atoms with Crippen LogP contribution in [0.4, 0.5) is 0 Å². The van der Waals surface area contributed by atoms with E-state index in [1.807, 2.05) is 17.0 Å². The summed E-state index contributed by atoms with van der Waals surface area (Å²) in [5, 5.41) is 6.12. The monoisotopic (exact) mass is 365 g/mol. The first-order valence-electron chi connectivity index (χ1n) is 7.71. The van der Waals surface area contributed by atoms with Gasteiger partial charge in [0.1, 0.15) is 0 Å². The van der Waals surface area contributed by atoms with Crippen LogP contribution in [0.25, 0.3) is 0 Å². The molecule has 2 saturated heterocycles. The Hall–Kier alpha value is -1.40. The normalized spacial score (nSPS) is 24.0. The summed E-state index contributed by atoms with van der Waals surface area (Å²) in [6.45, 7) is 1.90. The van der Waals surface area contributed by atoms with Crippen molar-refractivity contribution in [3.8, 4) is 0 Å². The zero-order valence-electron chi connectivity index (χ0n) is 12.3. The third-order valence-corrected chi connectivity index (χ3v) is 4.92. The Bertz CT molecular complexity index is 564. The number of rotatable bonds is 3. The molecule has 6 heteroatoms. The molecule has 0 aliphatic carbocycles. The Morgan fingerprint density at radius 2 is 2.09 bits per heavy atom. The van der Waals surface area contributed by atoms with Crippen LogP contribution >= 0.6 is 15.9 Å². The maximum absolute atomic E-state index is 12.5. The van der Waals surface area contributed by atoms with Crippen molar-refractivity contribution in [2.75, 3.05) is 19.6 Å².